The highest BCUT2D eigenvalue weighted by Crippen LogP contribution is 2.17. The Labute approximate surface area is 121 Å². The molecule has 0 heterocycles. The average Bonchev–Trinajstić information content (AvgIpc) is 2.45. The summed E-state index contributed by atoms with van der Waals surface area (Å²) in [4.78, 5) is 0. The van der Waals surface area contributed by atoms with Gasteiger partial charge in [-0.25, -0.2) is 0 Å². The van der Waals surface area contributed by atoms with Crippen molar-refractivity contribution in [3.63, 3.8) is 0 Å². The van der Waals surface area contributed by atoms with Gasteiger partial charge in [0.1, 0.15) is 18.5 Å². The first-order valence-electron chi connectivity index (χ1n) is 7.33. The molecule has 0 fully saturated rings. The maximum absolute atomic E-state index is 9.84. The van der Waals surface area contributed by atoms with E-state index in [2.05, 4.69) is 13.8 Å². The summed E-state index contributed by atoms with van der Waals surface area (Å²) in [6.07, 6.45) is 1.69. The summed E-state index contributed by atoms with van der Waals surface area (Å²) in [5, 5.41) is 9.84. The van der Waals surface area contributed by atoms with Crippen molar-refractivity contribution in [1.82, 2.24) is 0 Å². The van der Waals surface area contributed by atoms with E-state index in [9.17, 15) is 5.11 Å². The van der Waals surface area contributed by atoms with Gasteiger partial charge < -0.3 is 20.3 Å². The van der Waals surface area contributed by atoms with Gasteiger partial charge in [-0.3, -0.25) is 0 Å². The summed E-state index contributed by atoms with van der Waals surface area (Å²) in [6, 6.07) is 7.59. The van der Waals surface area contributed by atoms with Crippen molar-refractivity contribution < 1.29 is 14.6 Å². The number of para-hydroxylation sites is 1. The normalized spacial score (nSPS) is 14.0. The molecule has 114 valence electrons. The molecule has 4 nitrogen and oxygen atoms in total. The van der Waals surface area contributed by atoms with Gasteiger partial charge >= 0.3 is 0 Å². The van der Waals surface area contributed by atoms with Crippen LogP contribution in [0.25, 0.3) is 0 Å². The Morgan fingerprint density at radius 1 is 1.20 bits per heavy atom. The van der Waals surface area contributed by atoms with Gasteiger partial charge in [0.05, 0.1) is 6.61 Å². The summed E-state index contributed by atoms with van der Waals surface area (Å²) < 4.78 is 11.1. The minimum Gasteiger partial charge on any atom is -0.490 e. The van der Waals surface area contributed by atoms with Gasteiger partial charge in [-0.15, -0.1) is 0 Å². The zero-order valence-corrected chi connectivity index (χ0v) is 12.5. The van der Waals surface area contributed by atoms with Crippen LogP contribution < -0.4 is 10.5 Å². The van der Waals surface area contributed by atoms with Crippen molar-refractivity contribution in [3.05, 3.63) is 29.8 Å². The van der Waals surface area contributed by atoms with Crippen LogP contribution in [-0.4, -0.2) is 31.0 Å². The van der Waals surface area contributed by atoms with Crippen molar-refractivity contribution in [3.8, 4) is 5.75 Å². The lowest BCUT2D eigenvalue weighted by atomic mass is 10.1. The fourth-order valence-corrected chi connectivity index (χ4v) is 2.03. The van der Waals surface area contributed by atoms with Crippen LogP contribution in [0.1, 0.15) is 32.3 Å². The molecule has 0 amide bonds. The van der Waals surface area contributed by atoms with Crippen LogP contribution in [0, 0.1) is 5.92 Å². The van der Waals surface area contributed by atoms with E-state index in [1.54, 1.807) is 0 Å². The Morgan fingerprint density at radius 3 is 2.65 bits per heavy atom. The van der Waals surface area contributed by atoms with Gasteiger partial charge in [-0.1, -0.05) is 38.5 Å². The third kappa shape index (κ3) is 6.37. The third-order valence-corrected chi connectivity index (χ3v) is 3.12. The Morgan fingerprint density at radius 2 is 1.95 bits per heavy atom. The van der Waals surface area contributed by atoms with E-state index in [1.165, 1.54) is 0 Å². The molecule has 0 aliphatic heterocycles. The maximum Gasteiger partial charge on any atom is 0.123 e. The second-order valence-corrected chi connectivity index (χ2v) is 5.21. The molecule has 0 aliphatic rings. The first-order valence-corrected chi connectivity index (χ1v) is 7.33. The number of hydrogen-bond acceptors (Lipinski definition) is 4. The van der Waals surface area contributed by atoms with Crippen LogP contribution in [0.15, 0.2) is 24.3 Å². The van der Waals surface area contributed by atoms with E-state index in [1.807, 2.05) is 24.3 Å². The molecular weight excluding hydrogens is 254 g/mol. The molecule has 0 saturated carbocycles. The minimum atomic E-state index is -0.616. The monoisotopic (exact) mass is 281 g/mol. The van der Waals surface area contributed by atoms with E-state index in [0.717, 1.165) is 24.2 Å². The summed E-state index contributed by atoms with van der Waals surface area (Å²) in [5.74, 6) is 1.26. The minimum absolute atomic E-state index is 0.221. The Kier molecular flexibility index (Phi) is 8.26. The van der Waals surface area contributed by atoms with Gasteiger partial charge in [0, 0.05) is 18.7 Å². The molecule has 1 rings (SSSR count). The van der Waals surface area contributed by atoms with E-state index in [0.29, 0.717) is 25.7 Å². The van der Waals surface area contributed by atoms with E-state index >= 15 is 0 Å². The predicted molar refractivity (Wildman–Crippen MR) is 80.7 cm³/mol. The molecule has 0 aliphatic carbocycles. The SMILES string of the molecule is CCCC(C)COCC(O)COc1ccccc1CN. The lowest BCUT2D eigenvalue weighted by Crippen LogP contribution is -2.25. The fourth-order valence-electron chi connectivity index (χ4n) is 2.03. The maximum atomic E-state index is 9.84. The van der Waals surface area contributed by atoms with Crippen molar-refractivity contribution in [2.45, 2.75) is 39.3 Å². The number of aliphatic hydroxyl groups excluding tert-OH is 1. The zero-order chi connectivity index (χ0) is 14.8. The molecule has 0 aromatic heterocycles. The van der Waals surface area contributed by atoms with Gasteiger partial charge in [-0.05, 0) is 18.4 Å². The average molecular weight is 281 g/mol. The highest BCUT2D eigenvalue weighted by molar-refractivity contribution is 5.32. The number of aliphatic hydroxyl groups is 1. The highest BCUT2D eigenvalue weighted by Gasteiger charge is 2.09. The highest BCUT2D eigenvalue weighted by atomic mass is 16.5. The van der Waals surface area contributed by atoms with Crippen molar-refractivity contribution in [1.29, 1.82) is 0 Å². The summed E-state index contributed by atoms with van der Waals surface area (Å²) in [6.45, 7) is 5.96. The van der Waals surface area contributed by atoms with Gasteiger partial charge in [-0.2, -0.15) is 0 Å². The second kappa shape index (κ2) is 9.75. The largest absolute Gasteiger partial charge is 0.490 e. The molecular formula is C16H27NO3. The molecule has 0 spiro atoms. The van der Waals surface area contributed by atoms with Crippen LogP contribution in [0.2, 0.25) is 0 Å². The third-order valence-electron chi connectivity index (χ3n) is 3.12. The number of ether oxygens (including phenoxy) is 2. The van der Waals surface area contributed by atoms with Crippen LogP contribution >= 0.6 is 0 Å². The van der Waals surface area contributed by atoms with Crippen LogP contribution in [-0.2, 0) is 11.3 Å². The topological polar surface area (TPSA) is 64.7 Å². The number of rotatable bonds is 10. The fraction of sp³-hybridized carbons (Fsp3) is 0.625. The van der Waals surface area contributed by atoms with E-state index in [4.69, 9.17) is 15.2 Å². The lowest BCUT2D eigenvalue weighted by molar-refractivity contribution is 0.00127. The second-order valence-electron chi connectivity index (χ2n) is 5.21. The lowest BCUT2D eigenvalue weighted by Gasteiger charge is -2.16. The summed E-state index contributed by atoms with van der Waals surface area (Å²) >= 11 is 0. The van der Waals surface area contributed by atoms with E-state index < -0.39 is 6.10 Å². The van der Waals surface area contributed by atoms with Crippen LogP contribution in [0.4, 0.5) is 0 Å². The summed E-state index contributed by atoms with van der Waals surface area (Å²) in [5.41, 5.74) is 6.57. The summed E-state index contributed by atoms with van der Waals surface area (Å²) in [7, 11) is 0. The predicted octanol–water partition coefficient (Wildman–Crippen LogP) is 2.34. The molecule has 1 aromatic carbocycles. The van der Waals surface area contributed by atoms with Crippen molar-refractivity contribution in [2.24, 2.45) is 11.7 Å². The zero-order valence-electron chi connectivity index (χ0n) is 12.5. The van der Waals surface area contributed by atoms with Crippen molar-refractivity contribution in [2.75, 3.05) is 19.8 Å². The first-order chi connectivity index (χ1) is 9.67. The Balaban J connectivity index is 2.24. The van der Waals surface area contributed by atoms with Gasteiger partial charge in [0.15, 0.2) is 0 Å². The molecule has 3 N–H and O–H groups in total. The quantitative estimate of drug-likeness (QED) is 0.691. The Hall–Kier alpha value is -1.10. The van der Waals surface area contributed by atoms with Crippen LogP contribution in [0.5, 0.6) is 5.75 Å². The molecule has 2 unspecified atom stereocenters. The molecule has 20 heavy (non-hydrogen) atoms. The molecule has 2 atom stereocenters. The molecule has 1 aromatic rings. The molecule has 0 bridgehead atoms. The van der Waals surface area contributed by atoms with E-state index in [-0.39, 0.29) is 6.61 Å². The molecule has 4 heteroatoms. The van der Waals surface area contributed by atoms with Gasteiger partial charge in [0.25, 0.3) is 0 Å². The smallest absolute Gasteiger partial charge is 0.123 e. The number of hydrogen-bond donors (Lipinski definition) is 2. The van der Waals surface area contributed by atoms with Crippen molar-refractivity contribution >= 4 is 0 Å². The number of benzene rings is 1. The standard InChI is InChI=1S/C16H27NO3/c1-3-6-13(2)10-19-11-15(18)12-20-16-8-5-4-7-14(16)9-17/h4-5,7-8,13,15,18H,3,6,9-12,17H2,1-2H3. The Bertz CT molecular complexity index is 370. The molecule has 0 radical (unpaired) electrons. The number of nitrogens with two attached hydrogens (primary N) is 1. The van der Waals surface area contributed by atoms with Crippen LogP contribution in [0.3, 0.4) is 0 Å². The van der Waals surface area contributed by atoms with Gasteiger partial charge in [0.2, 0.25) is 0 Å². The molecule has 0 saturated heterocycles. The first kappa shape index (κ1) is 17.0.